The van der Waals surface area contributed by atoms with Crippen LogP contribution in [0.15, 0.2) is 24.3 Å². The maximum atomic E-state index is 11.7. The number of anilines is 1. The van der Waals surface area contributed by atoms with Gasteiger partial charge in [0.25, 0.3) is 0 Å². The number of benzene rings is 1. The quantitative estimate of drug-likeness (QED) is 0.880. The highest BCUT2D eigenvalue weighted by Gasteiger charge is 2.42. The summed E-state index contributed by atoms with van der Waals surface area (Å²) in [4.78, 5) is 11.7. The number of ether oxygens (including phenoxy) is 1. The van der Waals surface area contributed by atoms with Crippen molar-refractivity contribution in [3.05, 3.63) is 29.8 Å². The standard InChI is InChI=1S/C15H22N2O2/c1-14(2,3)19-13(18)17-12-6-4-5-11(9-12)15(10-16)7-8-15/h4-6,9H,7-8,10,16H2,1-3H3,(H,17,18). The van der Waals surface area contributed by atoms with Crippen molar-refractivity contribution in [2.75, 3.05) is 11.9 Å². The molecule has 1 saturated carbocycles. The van der Waals surface area contributed by atoms with E-state index in [2.05, 4.69) is 11.4 Å². The Morgan fingerprint density at radius 3 is 2.63 bits per heavy atom. The minimum absolute atomic E-state index is 0.131. The molecule has 0 aromatic heterocycles. The van der Waals surface area contributed by atoms with Crippen molar-refractivity contribution in [2.24, 2.45) is 5.73 Å². The Morgan fingerprint density at radius 2 is 2.11 bits per heavy atom. The Morgan fingerprint density at radius 1 is 1.42 bits per heavy atom. The molecule has 104 valence electrons. The van der Waals surface area contributed by atoms with Gasteiger partial charge in [0.05, 0.1) is 0 Å². The highest BCUT2D eigenvalue weighted by molar-refractivity contribution is 5.85. The molecule has 19 heavy (non-hydrogen) atoms. The molecule has 1 fully saturated rings. The molecular weight excluding hydrogens is 240 g/mol. The lowest BCUT2D eigenvalue weighted by Gasteiger charge is -2.20. The number of rotatable bonds is 3. The van der Waals surface area contributed by atoms with E-state index in [0.717, 1.165) is 18.5 Å². The van der Waals surface area contributed by atoms with Crippen LogP contribution in [0, 0.1) is 0 Å². The van der Waals surface area contributed by atoms with Crippen LogP contribution in [0.4, 0.5) is 10.5 Å². The maximum absolute atomic E-state index is 11.7. The van der Waals surface area contributed by atoms with E-state index < -0.39 is 11.7 Å². The van der Waals surface area contributed by atoms with Gasteiger partial charge in [-0.25, -0.2) is 4.79 Å². The molecule has 3 N–H and O–H groups in total. The van der Waals surface area contributed by atoms with Crippen molar-refractivity contribution in [1.82, 2.24) is 0 Å². The van der Waals surface area contributed by atoms with Gasteiger partial charge in [-0.05, 0) is 51.3 Å². The summed E-state index contributed by atoms with van der Waals surface area (Å²) in [5.74, 6) is 0. The second kappa shape index (κ2) is 4.85. The van der Waals surface area contributed by atoms with E-state index >= 15 is 0 Å². The van der Waals surface area contributed by atoms with Crippen LogP contribution in [0.1, 0.15) is 39.2 Å². The first-order valence-corrected chi connectivity index (χ1v) is 6.65. The number of hydrogen-bond donors (Lipinski definition) is 2. The van der Waals surface area contributed by atoms with Crippen LogP contribution >= 0.6 is 0 Å². The summed E-state index contributed by atoms with van der Waals surface area (Å²) in [7, 11) is 0. The summed E-state index contributed by atoms with van der Waals surface area (Å²) in [5, 5.41) is 2.76. The van der Waals surface area contributed by atoms with Crippen molar-refractivity contribution in [3.8, 4) is 0 Å². The predicted molar refractivity (Wildman–Crippen MR) is 76.3 cm³/mol. The fraction of sp³-hybridized carbons (Fsp3) is 0.533. The summed E-state index contributed by atoms with van der Waals surface area (Å²) in [6, 6.07) is 7.86. The molecule has 1 aliphatic rings. The Hall–Kier alpha value is -1.55. The fourth-order valence-electron chi connectivity index (χ4n) is 2.11. The van der Waals surface area contributed by atoms with Gasteiger partial charge in [0.15, 0.2) is 0 Å². The van der Waals surface area contributed by atoms with Gasteiger partial charge in [-0.2, -0.15) is 0 Å². The number of carbonyl (C=O) groups excluding carboxylic acids is 1. The van der Waals surface area contributed by atoms with Gasteiger partial charge >= 0.3 is 6.09 Å². The molecule has 4 heteroatoms. The van der Waals surface area contributed by atoms with Crippen LogP contribution in [0.25, 0.3) is 0 Å². The normalized spacial score (nSPS) is 16.8. The van der Waals surface area contributed by atoms with Gasteiger partial charge in [0.1, 0.15) is 5.60 Å². The molecule has 1 amide bonds. The fourth-order valence-corrected chi connectivity index (χ4v) is 2.11. The van der Waals surface area contributed by atoms with E-state index in [1.54, 1.807) is 0 Å². The Balaban J connectivity index is 2.06. The van der Waals surface area contributed by atoms with Crippen molar-refractivity contribution in [2.45, 2.75) is 44.6 Å². The van der Waals surface area contributed by atoms with E-state index in [4.69, 9.17) is 10.5 Å². The summed E-state index contributed by atoms with van der Waals surface area (Å²) < 4.78 is 5.23. The van der Waals surface area contributed by atoms with Gasteiger partial charge in [-0.3, -0.25) is 5.32 Å². The zero-order valence-corrected chi connectivity index (χ0v) is 11.8. The summed E-state index contributed by atoms with van der Waals surface area (Å²) in [5.41, 5.74) is 7.42. The summed E-state index contributed by atoms with van der Waals surface area (Å²) >= 11 is 0. The molecule has 1 aliphatic carbocycles. The van der Waals surface area contributed by atoms with Crippen molar-refractivity contribution >= 4 is 11.8 Å². The number of nitrogens with two attached hydrogens (primary N) is 1. The minimum Gasteiger partial charge on any atom is -0.444 e. The second-order valence-electron chi connectivity index (χ2n) is 6.19. The van der Waals surface area contributed by atoms with E-state index in [9.17, 15) is 4.79 Å². The van der Waals surface area contributed by atoms with Gasteiger partial charge in [0.2, 0.25) is 0 Å². The third kappa shape index (κ3) is 3.47. The number of amides is 1. The van der Waals surface area contributed by atoms with E-state index in [1.807, 2.05) is 39.0 Å². The zero-order valence-electron chi connectivity index (χ0n) is 11.8. The Labute approximate surface area is 114 Å². The lowest BCUT2D eigenvalue weighted by atomic mass is 9.96. The molecule has 2 rings (SSSR count). The Kier molecular flexibility index (Phi) is 3.54. The van der Waals surface area contributed by atoms with Gasteiger partial charge < -0.3 is 10.5 Å². The average molecular weight is 262 g/mol. The molecule has 0 spiro atoms. The molecule has 0 aliphatic heterocycles. The van der Waals surface area contributed by atoms with Crippen molar-refractivity contribution < 1.29 is 9.53 Å². The number of hydrogen-bond acceptors (Lipinski definition) is 3. The topological polar surface area (TPSA) is 64.3 Å². The van der Waals surface area contributed by atoms with Crippen LogP contribution in [-0.2, 0) is 10.2 Å². The highest BCUT2D eigenvalue weighted by Crippen LogP contribution is 2.47. The van der Waals surface area contributed by atoms with Crippen LogP contribution < -0.4 is 11.1 Å². The van der Waals surface area contributed by atoms with E-state index in [1.165, 1.54) is 5.56 Å². The van der Waals surface area contributed by atoms with Crippen LogP contribution in [-0.4, -0.2) is 18.2 Å². The molecule has 0 heterocycles. The highest BCUT2D eigenvalue weighted by atomic mass is 16.6. The van der Waals surface area contributed by atoms with E-state index in [-0.39, 0.29) is 5.41 Å². The maximum Gasteiger partial charge on any atom is 0.412 e. The lowest BCUT2D eigenvalue weighted by Crippen LogP contribution is -2.27. The zero-order chi connectivity index (χ0) is 14.1. The predicted octanol–water partition coefficient (Wildman–Crippen LogP) is 3.02. The van der Waals surface area contributed by atoms with Crippen LogP contribution in [0.3, 0.4) is 0 Å². The molecule has 1 aromatic rings. The van der Waals surface area contributed by atoms with Crippen molar-refractivity contribution in [1.29, 1.82) is 0 Å². The van der Waals surface area contributed by atoms with Gasteiger partial charge in [-0.15, -0.1) is 0 Å². The molecule has 0 radical (unpaired) electrons. The third-order valence-corrected chi connectivity index (χ3v) is 3.36. The molecule has 0 unspecified atom stereocenters. The van der Waals surface area contributed by atoms with Gasteiger partial charge in [0, 0.05) is 17.6 Å². The Bertz CT molecular complexity index is 473. The first kappa shape index (κ1) is 13.9. The summed E-state index contributed by atoms with van der Waals surface area (Å²) in [6.07, 6.45) is 1.82. The van der Waals surface area contributed by atoms with Gasteiger partial charge in [-0.1, -0.05) is 12.1 Å². The minimum atomic E-state index is -0.489. The SMILES string of the molecule is CC(C)(C)OC(=O)Nc1cccc(C2(CN)CC2)c1. The number of carbonyl (C=O) groups is 1. The molecule has 1 aromatic carbocycles. The molecule has 0 saturated heterocycles. The smallest absolute Gasteiger partial charge is 0.412 e. The first-order chi connectivity index (χ1) is 8.85. The second-order valence-corrected chi connectivity index (χ2v) is 6.19. The van der Waals surface area contributed by atoms with E-state index in [0.29, 0.717) is 6.54 Å². The molecule has 0 atom stereocenters. The lowest BCUT2D eigenvalue weighted by molar-refractivity contribution is 0.0636. The third-order valence-electron chi connectivity index (χ3n) is 3.36. The molecule has 4 nitrogen and oxygen atoms in total. The summed E-state index contributed by atoms with van der Waals surface area (Å²) in [6.45, 7) is 6.19. The molecular formula is C15H22N2O2. The number of nitrogens with one attached hydrogen (secondary N) is 1. The largest absolute Gasteiger partial charge is 0.444 e. The van der Waals surface area contributed by atoms with Crippen LogP contribution in [0.5, 0.6) is 0 Å². The first-order valence-electron chi connectivity index (χ1n) is 6.65. The van der Waals surface area contributed by atoms with Crippen LogP contribution in [0.2, 0.25) is 0 Å². The average Bonchev–Trinajstić information content (AvgIpc) is 3.07. The monoisotopic (exact) mass is 262 g/mol. The molecule has 0 bridgehead atoms. The van der Waals surface area contributed by atoms with Crippen molar-refractivity contribution in [3.63, 3.8) is 0 Å².